The number of thiazole rings is 1. The molecule has 1 aromatic carbocycles. The number of nitrogens with one attached hydrogen (secondary N) is 1. The number of nitrogens with two attached hydrogens (primary N) is 1. The third kappa shape index (κ3) is 2.87. The van der Waals surface area contributed by atoms with Gasteiger partial charge in [0.25, 0.3) is 0 Å². The molecule has 7 heteroatoms. The lowest BCUT2D eigenvalue weighted by Gasteiger charge is -2.07. The van der Waals surface area contributed by atoms with E-state index in [1.807, 2.05) is 6.92 Å². The molecule has 5 nitrogen and oxygen atoms in total. The van der Waals surface area contributed by atoms with Crippen molar-refractivity contribution < 1.29 is 8.42 Å². The highest BCUT2D eigenvalue weighted by molar-refractivity contribution is 7.89. The summed E-state index contributed by atoms with van der Waals surface area (Å²) in [6.07, 6.45) is 1.66. The van der Waals surface area contributed by atoms with Crippen LogP contribution in [0.3, 0.4) is 0 Å². The van der Waals surface area contributed by atoms with Crippen molar-refractivity contribution in [2.75, 3.05) is 5.73 Å². The van der Waals surface area contributed by atoms with Crippen molar-refractivity contribution >= 4 is 27.0 Å². The van der Waals surface area contributed by atoms with Gasteiger partial charge in [-0.15, -0.1) is 11.3 Å². The van der Waals surface area contributed by atoms with Gasteiger partial charge in [-0.05, 0) is 19.1 Å². The molecule has 0 aliphatic rings. The van der Waals surface area contributed by atoms with Crippen LogP contribution in [0.25, 0.3) is 0 Å². The van der Waals surface area contributed by atoms with Crippen LogP contribution >= 0.6 is 11.3 Å². The maximum Gasteiger partial charge on any atom is 0.242 e. The first kappa shape index (κ1) is 13.0. The Kier molecular flexibility index (Phi) is 3.65. The zero-order chi connectivity index (χ0) is 13.2. The second kappa shape index (κ2) is 5.05. The molecule has 96 valence electrons. The molecule has 0 atom stereocenters. The van der Waals surface area contributed by atoms with Gasteiger partial charge < -0.3 is 5.73 Å². The fourth-order valence-electron chi connectivity index (χ4n) is 1.46. The highest BCUT2D eigenvalue weighted by atomic mass is 32.2. The molecule has 2 rings (SSSR count). The molecular formula is C11H13N3O2S2. The number of hydrogen-bond donors (Lipinski definition) is 2. The van der Waals surface area contributed by atoms with Gasteiger partial charge in [0, 0.05) is 17.6 Å². The largest absolute Gasteiger partial charge is 0.398 e. The number of aryl methyl sites for hydroxylation is 1. The number of rotatable bonds is 4. The number of aromatic nitrogens is 1. The first-order valence-corrected chi connectivity index (χ1v) is 7.54. The van der Waals surface area contributed by atoms with Crippen LogP contribution in [-0.4, -0.2) is 13.4 Å². The van der Waals surface area contributed by atoms with Gasteiger partial charge in [-0.25, -0.2) is 18.1 Å². The topological polar surface area (TPSA) is 85.1 Å². The van der Waals surface area contributed by atoms with Crippen molar-refractivity contribution in [1.82, 2.24) is 9.71 Å². The lowest BCUT2D eigenvalue weighted by Crippen LogP contribution is -2.23. The monoisotopic (exact) mass is 283 g/mol. The molecule has 2 aromatic rings. The third-order valence-electron chi connectivity index (χ3n) is 2.31. The fraction of sp³-hybridized carbons (Fsp3) is 0.182. The maximum absolute atomic E-state index is 12.0. The van der Waals surface area contributed by atoms with Crippen LogP contribution in [0.2, 0.25) is 0 Å². The molecule has 0 unspecified atom stereocenters. The Hall–Kier alpha value is -1.44. The van der Waals surface area contributed by atoms with E-state index < -0.39 is 10.0 Å². The molecule has 0 amide bonds. The number of anilines is 1. The summed E-state index contributed by atoms with van der Waals surface area (Å²) in [6.45, 7) is 2.10. The van der Waals surface area contributed by atoms with Crippen molar-refractivity contribution in [3.8, 4) is 0 Å². The SMILES string of the molecule is Cc1ncc(CNS(=O)(=O)c2ccccc2N)s1. The normalized spacial score (nSPS) is 11.6. The summed E-state index contributed by atoms with van der Waals surface area (Å²) in [5.74, 6) is 0. The second-order valence-corrected chi connectivity index (χ2v) is 6.76. The van der Waals surface area contributed by atoms with Crippen molar-refractivity contribution in [2.24, 2.45) is 0 Å². The average molecular weight is 283 g/mol. The van der Waals surface area contributed by atoms with Crippen LogP contribution < -0.4 is 10.5 Å². The molecule has 0 aliphatic carbocycles. The predicted molar refractivity (Wildman–Crippen MR) is 71.7 cm³/mol. The molecule has 3 N–H and O–H groups in total. The third-order valence-corrected chi connectivity index (χ3v) is 4.70. The Bertz CT molecular complexity index is 650. The van der Waals surface area contributed by atoms with Crippen molar-refractivity contribution in [3.05, 3.63) is 40.3 Å². The number of nitrogen functional groups attached to an aromatic ring is 1. The van der Waals surface area contributed by atoms with E-state index in [-0.39, 0.29) is 17.1 Å². The minimum Gasteiger partial charge on any atom is -0.398 e. The van der Waals surface area contributed by atoms with Crippen molar-refractivity contribution in [1.29, 1.82) is 0 Å². The first-order chi connectivity index (χ1) is 8.49. The molecule has 0 bridgehead atoms. The van der Waals surface area contributed by atoms with Crippen LogP contribution in [0.5, 0.6) is 0 Å². The Morgan fingerprint density at radius 1 is 1.39 bits per heavy atom. The van der Waals surface area contributed by atoms with Crippen molar-refractivity contribution in [3.63, 3.8) is 0 Å². The summed E-state index contributed by atoms with van der Waals surface area (Å²) < 4.78 is 26.6. The summed E-state index contributed by atoms with van der Waals surface area (Å²) in [7, 11) is -3.58. The molecule has 0 aliphatic heterocycles. The molecule has 1 heterocycles. The fourth-order valence-corrected chi connectivity index (χ4v) is 3.42. The van der Waals surface area contributed by atoms with E-state index in [1.54, 1.807) is 24.4 Å². The summed E-state index contributed by atoms with van der Waals surface area (Å²) >= 11 is 1.46. The van der Waals surface area contributed by atoms with E-state index >= 15 is 0 Å². The zero-order valence-corrected chi connectivity index (χ0v) is 11.4. The van der Waals surface area contributed by atoms with Gasteiger partial charge in [-0.3, -0.25) is 0 Å². The molecule has 0 fully saturated rings. The van der Waals surface area contributed by atoms with Gasteiger partial charge in [0.1, 0.15) is 4.90 Å². The molecule has 1 aromatic heterocycles. The summed E-state index contributed by atoms with van der Waals surface area (Å²) in [6, 6.07) is 6.38. The van der Waals surface area contributed by atoms with Crippen LogP contribution in [0.1, 0.15) is 9.88 Å². The summed E-state index contributed by atoms with van der Waals surface area (Å²) in [4.78, 5) is 5.04. The molecular weight excluding hydrogens is 270 g/mol. The van der Waals surface area contributed by atoms with Gasteiger partial charge in [-0.2, -0.15) is 0 Å². The lowest BCUT2D eigenvalue weighted by molar-refractivity contribution is 0.582. The van der Waals surface area contributed by atoms with Crippen molar-refractivity contribution in [2.45, 2.75) is 18.4 Å². The Morgan fingerprint density at radius 2 is 2.11 bits per heavy atom. The Morgan fingerprint density at radius 3 is 2.72 bits per heavy atom. The van der Waals surface area contributed by atoms with Crippen LogP contribution in [-0.2, 0) is 16.6 Å². The van der Waals surface area contributed by atoms with E-state index in [0.29, 0.717) is 0 Å². The van der Waals surface area contributed by atoms with E-state index in [9.17, 15) is 8.42 Å². The summed E-state index contributed by atoms with van der Waals surface area (Å²) in [5.41, 5.74) is 5.89. The summed E-state index contributed by atoms with van der Waals surface area (Å²) in [5, 5.41) is 0.906. The highest BCUT2D eigenvalue weighted by Crippen LogP contribution is 2.18. The maximum atomic E-state index is 12.0. The van der Waals surface area contributed by atoms with Crippen LogP contribution in [0.15, 0.2) is 35.4 Å². The predicted octanol–water partition coefficient (Wildman–Crippen LogP) is 1.51. The quantitative estimate of drug-likeness (QED) is 0.833. The van der Waals surface area contributed by atoms with E-state index in [4.69, 9.17) is 5.73 Å². The van der Waals surface area contributed by atoms with E-state index in [1.165, 1.54) is 17.4 Å². The molecule has 0 saturated carbocycles. The Labute approximate surface area is 110 Å². The standard InChI is InChI=1S/C11H13N3O2S2/c1-8-13-6-9(17-8)7-14-18(15,16)11-5-3-2-4-10(11)12/h2-6,14H,7,12H2,1H3. The van der Waals surface area contributed by atoms with E-state index in [0.717, 1.165) is 9.88 Å². The number of benzene rings is 1. The average Bonchev–Trinajstić information content (AvgIpc) is 2.73. The second-order valence-electron chi connectivity index (χ2n) is 3.71. The lowest BCUT2D eigenvalue weighted by atomic mass is 10.3. The number of para-hydroxylation sites is 1. The molecule has 0 spiro atoms. The number of hydrogen-bond acceptors (Lipinski definition) is 5. The molecule has 0 saturated heterocycles. The zero-order valence-electron chi connectivity index (χ0n) is 9.75. The Balaban J connectivity index is 2.16. The minimum atomic E-state index is -3.58. The first-order valence-electron chi connectivity index (χ1n) is 5.24. The highest BCUT2D eigenvalue weighted by Gasteiger charge is 2.16. The van der Waals surface area contributed by atoms with Crippen LogP contribution in [0.4, 0.5) is 5.69 Å². The number of nitrogens with zero attached hydrogens (tertiary/aromatic N) is 1. The van der Waals surface area contributed by atoms with E-state index in [2.05, 4.69) is 9.71 Å². The minimum absolute atomic E-state index is 0.103. The van der Waals surface area contributed by atoms with Gasteiger partial charge in [0.15, 0.2) is 0 Å². The van der Waals surface area contributed by atoms with Gasteiger partial charge >= 0.3 is 0 Å². The van der Waals surface area contributed by atoms with Gasteiger partial charge in [-0.1, -0.05) is 12.1 Å². The molecule has 18 heavy (non-hydrogen) atoms. The van der Waals surface area contributed by atoms with Gasteiger partial charge in [0.05, 0.1) is 10.7 Å². The van der Waals surface area contributed by atoms with Crippen LogP contribution in [0, 0.1) is 6.92 Å². The number of sulfonamides is 1. The van der Waals surface area contributed by atoms with Gasteiger partial charge in [0.2, 0.25) is 10.0 Å². The molecule has 0 radical (unpaired) electrons. The smallest absolute Gasteiger partial charge is 0.242 e.